The first-order valence-electron chi connectivity index (χ1n) is 7.80. The van der Waals surface area contributed by atoms with E-state index in [1.165, 1.54) is 25.7 Å². The first-order valence-corrected chi connectivity index (χ1v) is 7.80. The highest BCUT2D eigenvalue weighted by Gasteiger charge is 2.51. The Kier molecular flexibility index (Phi) is 3.41. The van der Waals surface area contributed by atoms with Crippen molar-refractivity contribution in [2.75, 3.05) is 7.05 Å². The van der Waals surface area contributed by atoms with Gasteiger partial charge < -0.3 is 5.32 Å². The summed E-state index contributed by atoms with van der Waals surface area (Å²) in [5, 5.41) is 3.51. The van der Waals surface area contributed by atoms with Gasteiger partial charge in [-0.1, -0.05) is 0 Å². The van der Waals surface area contributed by atoms with Crippen LogP contribution in [0.1, 0.15) is 58.3 Å². The molecule has 4 aliphatic rings. The highest BCUT2D eigenvalue weighted by Crippen LogP contribution is 2.61. The van der Waals surface area contributed by atoms with Crippen LogP contribution in [-0.4, -0.2) is 13.1 Å². The Morgan fingerprint density at radius 1 is 1.11 bits per heavy atom. The van der Waals surface area contributed by atoms with E-state index in [9.17, 15) is 0 Å². The Balaban J connectivity index is 1.68. The van der Waals surface area contributed by atoms with Gasteiger partial charge in [-0.05, 0) is 82.1 Å². The maximum atomic E-state index is 3.51. The summed E-state index contributed by atoms with van der Waals surface area (Å²) in [6.07, 6.45) is 11.6. The lowest BCUT2D eigenvalue weighted by Gasteiger charge is -2.57. The molecule has 4 aliphatic carbocycles. The number of nitrogens with one attached hydrogen (secondary N) is 1. The minimum absolute atomic E-state index is 0.619. The van der Waals surface area contributed by atoms with E-state index in [1.807, 2.05) is 6.92 Å². The van der Waals surface area contributed by atoms with Gasteiger partial charge in [-0.3, -0.25) is 0 Å². The van der Waals surface area contributed by atoms with Crippen LogP contribution >= 0.6 is 0 Å². The van der Waals surface area contributed by atoms with Crippen molar-refractivity contribution in [3.05, 3.63) is 0 Å². The lowest BCUT2D eigenvalue weighted by atomic mass is 9.48. The van der Waals surface area contributed by atoms with Gasteiger partial charge in [0.25, 0.3) is 0 Å². The van der Waals surface area contributed by atoms with E-state index < -0.39 is 0 Å². The Morgan fingerprint density at radius 2 is 1.67 bits per heavy atom. The largest absolute Gasteiger partial charge is 0.316 e. The van der Waals surface area contributed by atoms with Gasteiger partial charge >= 0.3 is 0 Å². The molecule has 4 bridgehead atoms. The summed E-state index contributed by atoms with van der Waals surface area (Å²) in [7, 11) is 2.11. The predicted octanol–water partition coefficient (Wildman–Crippen LogP) is 3.59. The predicted molar refractivity (Wildman–Crippen MR) is 76.1 cm³/mol. The van der Waals surface area contributed by atoms with Crippen LogP contribution < -0.4 is 5.32 Å². The molecule has 0 aromatic heterocycles. The van der Waals surface area contributed by atoms with Gasteiger partial charge in [-0.15, -0.1) is 11.8 Å². The zero-order valence-electron chi connectivity index (χ0n) is 12.0. The number of hydrogen-bond donors (Lipinski definition) is 1. The second kappa shape index (κ2) is 4.89. The molecule has 4 rings (SSSR count). The zero-order valence-corrected chi connectivity index (χ0v) is 12.0. The quantitative estimate of drug-likeness (QED) is 0.746. The minimum atomic E-state index is 0.619. The van der Waals surface area contributed by atoms with Gasteiger partial charge in [0, 0.05) is 12.5 Å². The van der Waals surface area contributed by atoms with Crippen molar-refractivity contribution >= 4 is 0 Å². The molecule has 1 atom stereocenters. The summed E-state index contributed by atoms with van der Waals surface area (Å²) in [4.78, 5) is 0. The molecular formula is C17H27N. The van der Waals surface area contributed by atoms with E-state index in [2.05, 4.69) is 24.2 Å². The van der Waals surface area contributed by atoms with E-state index in [0.29, 0.717) is 11.5 Å². The van der Waals surface area contributed by atoms with Crippen LogP contribution in [0.15, 0.2) is 0 Å². The van der Waals surface area contributed by atoms with Crippen LogP contribution in [0.25, 0.3) is 0 Å². The Morgan fingerprint density at radius 3 is 2.11 bits per heavy atom. The SMILES string of the molecule is CC#CCC(CC12CC3CC(CC(C3)C1)C2)NC. The molecule has 0 aromatic rings. The summed E-state index contributed by atoms with van der Waals surface area (Å²) >= 11 is 0. The molecule has 0 aliphatic heterocycles. The lowest BCUT2D eigenvalue weighted by Crippen LogP contribution is -2.48. The summed E-state index contributed by atoms with van der Waals surface area (Å²) in [5.74, 6) is 9.54. The Labute approximate surface area is 112 Å². The van der Waals surface area contributed by atoms with Gasteiger partial charge in [0.15, 0.2) is 0 Å². The molecule has 4 fully saturated rings. The third-order valence-corrected chi connectivity index (χ3v) is 5.78. The average Bonchev–Trinajstić information content (AvgIpc) is 2.32. The second-order valence-corrected chi connectivity index (χ2v) is 7.24. The van der Waals surface area contributed by atoms with Crippen molar-refractivity contribution in [3.8, 4) is 11.8 Å². The summed E-state index contributed by atoms with van der Waals surface area (Å²) in [5.41, 5.74) is 0.692. The van der Waals surface area contributed by atoms with Crippen LogP contribution in [-0.2, 0) is 0 Å². The summed E-state index contributed by atoms with van der Waals surface area (Å²) < 4.78 is 0. The van der Waals surface area contributed by atoms with E-state index in [0.717, 1.165) is 24.2 Å². The third-order valence-electron chi connectivity index (χ3n) is 5.78. The lowest BCUT2D eigenvalue weighted by molar-refractivity contribution is -0.0614. The maximum Gasteiger partial charge on any atom is 0.0243 e. The van der Waals surface area contributed by atoms with E-state index in [1.54, 1.807) is 19.3 Å². The Hall–Kier alpha value is -0.480. The van der Waals surface area contributed by atoms with Gasteiger partial charge in [0.05, 0.1) is 0 Å². The number of rotatable bonds is 4. The minimum Gasteiger partial charge on any atom is -0.316 e. The topological polar surface area (TPSA) is 12.0 Å². The third kappa shape index (κ3) is 2.32. The molecule has 0 radical (unpaired) electrons. The highest BCUT2D eigenvalue weighted by atomic mass is 14.9. The molecule has 1 unspecified atom stereocenters. The second-order valence-electron chi connectivity index (χ2n) is 7.24. The molecule has 0 aromatic carbocycles. The average molecular weight is 245 g/mol. The molecule has 1 heteroatoms. The maximum absolute atomic E-state index is 3.51. The van der Waals surface area contributed by atoms with E-state index in [4.69, 9.17) is 0 Å². The standard InChI is InChI=1S/C17H27N/c1-3-4-5-16(18-2)12-17-9-13-6-14(10-17)8-15(7-13)11-17/h13-16,18H,5-12H2,1-2H3. The van der Waals surface area contributed by atoms with Gasteiger partial charge in [-0.25, -0.2) is 0 Å². The van der Waals surface area contributed by atoms with Crippen molar-refractivity contribution in [1.29, 1.82) is 0 Å². The monoisotopic (exact) mass is 245 g/mol. The fourth-order valence-electron chi connectivity index (χ4n) is 5.56. The van der Waals surface area contributed by atoms with E-state index >= 15 is 0 Å². The van der Waals surface area contributed by atoms with Gasteiger partial charge in [-0.2, -0.15) is 0 Å². The normalized spacial score (nSPS) is 42.4. The smallest absolute Gasteiger partial charge is 0.0243 e. The van der Waals surface area contributed by atoms with Crippen molar-refractivity contribution in [3.63, 3.8) is 0 Å². The zero-order chi connectivity index (χ0) is 12.6. The van der Waals surface area contributed by atoms with E-state index in [-0.39, 0.29) is 0 Å². The summed E-state index contributed by atoms with van der Waals surface area (Å²) in [6, 6.07) is 0.619. The fourth-order valence-corrected chi connectivity index (χ4v) is 5.56. The van der Waals surface area contributed by atoms with Crippen LogP contribution in [0.3, 0.4) is 0 Å². The molecule has 100 valence electrons. The molecular weight excluding hydrogens is 218 g/mol. The molecule has 0 amide bonds. The first-order chi connectivity index (χ1) is 8.73. The molecule has 4 saturated carbocycles. The first kappa shape index (κ1) is 12.5. The van der Waals surface area contributed by atoms with Gasteiger partial charge in [0.1, 0.15) is 0 Å². The fraction of sp³-hybridized carbons (Fsp3) is 0.882. The van der Waals surface area contributed by atoms with Gasteiger partial charge in [0.2, 0.25) is 0 Å². The molecule has 1 N–H and O–H groups in total. The van der Waals surface area contributed by atoms with Crippen LogP contribution in [0.4, 0.5) is 0 Å². The molecule has 0 spiro atoms. The van der Waals surface area contributed by atoms with Crippen molar-refractivity contribution < 1.29 is 0 Å². The van der Waals surface area contributed by atoms with Crippen LogP contribution in [0.2, 0.25) is 0 Å². The highest BCUT2D eigenvalue weighted by molar-refractivity contribution is 5.05. The summed E-state index contributed by atoms with van der Waals surface area (Å²) in [6.45, 7) is 1.96. The molecule has 1 nitrogen and oxygen atoms in total. The van der Waals surface area contributed by atoms with Crippen LogP contribution in [0, 0.1) is 35.0 Å². The van der Waals surface area contributed by atoms with Crippen molar-refractivity contribution in [2.45, 2.75) is 64.3 Å². The number of hydrogen-bond acceptors (Lipinski definition) is 1. The van der Waals surface area contributed by atoms with Crippen LogP contribution in [0.5, 0.6) is 0 Å². The molecule has 0 saturated heterocycles. The molecule has 18 heavy (non-hydrogen) atoms. The molecule has 0 heterocycles. The van der Waals surface area contributed by atoms with Crippen molar-refractivity contribution in [1.82, 2.24) is 5.32 Å². The van der Waals surface area contributed by atoms with Crippen molar-refractivity contribution in [2.24, 2.45) is 23.2 Å². The Bertz CT molecular complexity index is 324.